The number of hydrogen-bond acceptors (Lipinski definition) is 3. The molecule has 102 valence electrons. The van der Waals surface area contributed by atoms with Gasteiger partial charge >= 0.3 is 0 Å². The molecule has 0 aromatic heterocycles. The Morgan fingerprint density at radius 1 is 1.33 bits per heavy atom. The van der Waals surface area contributed by atoms with Crippen molar-refractivity contribution in [2.75, 3.05) is 20.1 Å². The summed E-state index contributed by atoms with van der Waals surface area (Å²) in [6, 6.07) is 7.39. The Morgan fingerprint density at radius 2 is 1.94 bits per heavy atom. The van der Waals surface area contributed by atoms with Crippen LogP contribution in [0.2, 0.25) is 0 Å². The highest BCUT2D eigenvalue weighted by atomic mass is 79.9. The lowest BCUT2D eigenvalue weighted by Gasteiger charge is -2.14. The molecule has 0 bridgehead atoms. The van der Waals surface area contributed by atoms with Crippen molar-refractivity contribution >= 4 is 34.2 Å². The highest BCUT2D eigenvalue weighted by molar-refractivity contribution is 9.10. The fourth-order valence-electron chi connectivity index (χ4n) is 1.23. The monoisotopic (exact) mass is 336 g/mol. The van der Waals surface area contributed by atoms with E-state index in [9.17, 15) is 4.79 Å². The van der Waals surface area contributed by atoms with Gasteiger partial charge in [0.05, 0.1) is 0 Å². The molecule has 0 aliphatic rings. The Hall–Kier alpha value is -0.780. The summed E-state index contributed by atoms with van der Waals surface area (Å²) in [7, 11) is 1.84. The standard InChI is InChI=1S/C12H17BrN2O2.ClH/c1-9(12(16)15-8-7-14-2)17-11-5-3-10(13)4-6-11;/h3-6,9,14H,7-8H2,1-2H3,(H,15,16);1H. The molecule has 1 aromatic carbocycles. The first-order chi connectivity index (χ1) is 8.13. The highest BCUT2D eigenvalue weighted by Gasteiger charge is 2.13. The van der Waals surface area contributed by atoms with Crippen molar-refractivity contribution in [2.24, 2.45) is 0 Å². The number of amides is 1. The predicted octanol–water partition coefficient (Wildman–Crippen LogP) is 1.97. The second-order valence-corrected chi connectivity index (χ2v) is 4.52. The lowest BCUT2D eigenvalue weighted by Crippen LogP contribution is -2.39. The van der Waals surface area contributed by atoms with Crippen molar-refractivity contribution in [1.29, 1.82) is 0 Å². The number of carbonyl (C=O) groups is 1. The van der Waals surface area contributed by atoms with Crippen LogP contribution >= 0.6 is 28.3 Å². The molecule has 0 spiro atoms. The lowest BCUT2D eigenvalue weighted by atomic mass is 10.3. The first kappa shape index (κ1) is 17.2. The van der Waals surface area contributed by atoms with Crippen molar-refractivity contribution in [3.63, 3.8) is 0 Å². The van der Waals surface area contributed by atoms with Crippen molar-refractivity contribution in [3.05, 3.63) is 28.7 Å². The van der Waals surface area contributed by atoms with Gasteiger partial charge in [-0.15, -0.1) is 12.4 Å². The van der Waals surface area contributed by atoms with Gasteiger partial charge in [-0.05, 0) is 38.2 Å². The smallest absolute Gasteiger partial charge is 0.260 e. The number of benzene rings is 1. The van der Waals surface area contributed by atoms with Crippen LogP contribution in [0.5, 0.6) is 5.75 Å². The lowest BCUT2D eigenvalue weighted by molar-refractivity contribution is -0.127. The predicted molar refractivity (Wildman–Crippen MR) is 78.4 cm³/mol. The molecule has 6 heteroatoms. The summed E-state index contributed by atoms with van der Waals surface area (Å²) in [5.41, 5.74) is 0. The van der Waals surface area contributed by atoms with Crippen LogP contribution in [0.25, 0.3) is 0 Å². The first-order valence-electron chi connectivity index (χ1n) is 5.48. The van der Waals surface area contributed by atoms with E-state index in [-0.39, 0.29) is 18.3 Å². The molecule has 0 saturated heterocycles. The maximum absolute atomic E-state index is 11.6. The highest BCUT2D eigenvalue weighted by Crippen LogP contribution is 2.17. The zero-order chi connectivity index (χ0) is 12.7. The number of nitrogens with one attached hydrogen (secondary N) is 2. The molecule has 0 aliphatic carbocycles. The Morgan fingerprint density at radius 3 is 2.50 bits per heavy atom. The van der Waals surface area contributed by atoms with Crippen LogP contribution in [0, 0.1) is 0 Å². The van der Waals surface area contributed by atoms with Crippen LogP contribution in [-0.4, -0.2) is 32.1 Å². The van der Waals surface area contributed by atoms with E-state index in [0.717, 1.165) is 11.0 Å². The largest absolute Gasteiger partial charge is 0.481 e. The van der Waals surface area contributed by atoms with Crippen LogP contribution in [0.1, 0.15) is 6.92 Å². The van der Waals surface area contributed by atoms with Gasteiger partial charge in [0.25, 0.3) is 5.91 Å². The summed E-state index contributed by atoms with van der Waals surface area (Å²) < 4.78 is 6.49. The molecule has 1 unspecified atom stereocenters. The Kier molecular flexibility index (Phi) is 8.79. The first-order valence-corrected chi connectivity index (χ1v) is 6.27. The van der Waals surface area contributed by atoms with Gasteiger partial charge in [-0.25, -0.2) is 0 Å². The van der Waals surface area contributed by atoms with E-state index >= 15 is 0 Å². The summed E-state index contributed by atoms with van der Waals surface area (Å²) in [6.07, 6.45) is -0.493. The van der Waals surface area contributed by atoms with E-state index in [1.54, 1.807) is 6.92 Å². The van der Waals surface area contributed by atoms with Gasteiger partial charge in [-0.1, -0.05) is 15.9 Å². The number of carbonyl (C=O) groups excluding carboxylic acids is 1. The molecular weight excluding hydrogens is 320 g/mol. The maximum Gasteiger partial charge on any atom is 0.260 e. The second kappa shape index (κ2) is 9.19. The average Bonchev–Trinajstić information content (AvgIpc) is 2.32. The number of rotatable bonds is 6. The third kappa shape index (κ3) is 6.23. The minimum atomic E-state index is -0.493. The molecule has 2 N–H and O–H groups in total. The van der Waals surface area contributed by atoms with E-state index in [1.807, 2.05) is 31.3 Å². The van der Waals surface area contributed by atoms with Gasteiger partial charge in [0.1, 0.15) is 5.75 Å². The molecule has 0 heterocycles. The molecule has 1 atom stereocenters. The zero-order valence-electron chi connectivity index (χ0n) is 10.4. The minimum Gasteiger partial charge on any atom is -0.481 e. The normalized spacial score (nSPS) is 11.3. The summed E-state index contributed by atoms with van der Waals surface area (Å²) in [6.45, 7) is 3.08. The van der Waals surface area contributed by atoms with Crippen molar-refractivity contribution in [2.45, 2.75) is 13.0 Å². The van der Waals surface area contributed by atoms with Gasteiger partial charge in [0, 0.05) is 17.6 Å². The van der Waals surface area contributed by atoms with E-state index in [1.165, 1.54) is 0 Å². The average molecular weight is 338 g/mol. The third-order valence-electron chi connectivity index (χ3n) is 2.17. The Bertz CT molecular complexity index is 360. The van der Waals surface area contributed by atoms with Gasteiger partial charge in [0.2, 0.25) is 0 Å². The van der Waals surface area contributed by atoms with Crippen molar-refractivity contribution < 1.29 is 9.53 Å². The van der Waals surface area contributed by atoms with Crippen LogP contribution in [-0.2, 0) is 4.79 Å². The van der Waals surface area contributed by atoms with Crippen molar-refractivity contribution in [1.82, 2.24) is 10.6 Å². The van der Waals surface area contributed by atoms with Crippen molar-refractivity contribution in [3.8, 4) is 5.75 Å². The molecule has 0 saturated carbocycles. The second-order valence-electron chi connectivity index (χ2n) is 3.61. The van der Waals surface area contributed by atoms with Gasteiger partial charge in [0.15, 0.2) is 6.10 Å². The van der Waals surface area contributed by atoms with E-state index in [4.69, 9.17) is 4.74 Å². The third-order valence-corrected chi connectivity index (χ3v) is 2.70. The molecule has 4 nitrogen and oxygen atoms in total. The van der Waals surface area contributed by atoms with Crippen LogP contribution in [0.4, 0.5) is 0 Å². The minimum absolute atomic E-state index is 0. The van der Waals surface area contributed by atoms with Gasteiger partial charge in [-0.2, -0.15) is 0 Å². The number of halogens is 2. The molecule has 1 amide bonds. The SMILES string of the molecule is CNCCNC(=O)C(C)Oc1ccc(Br)cc1.Cl. The van der Waals surface area contributed by atoms with E-state index < -0.39 is 6.10 Å². The molecule has 1 aromatic rings. The fourth-order valence-corrected chi connectivity index (χ4v) is 1.49. The molecule has 0 aliphatic heterocycles. The molecule has 18 heavy (non-hydrogen) atoms. The Balaban J connectivity index is 0.00000289. The zero-order valence-corrected chi connectivity index (χ0v) is 12.8. The molecular formula is C12H18BrClN2O2. The summed E-state index contributed by atoms with van der Waals surface area (Å²) in [5.74, 6) is 0.577. The summed E-state index contributed by atoms with van der Waals surface area (Å²) >= 11 is 3.34. The van der Waals surface area contributed by atoms with Crippen LogP contribution < -0.4 is 15.4 Å². The van der Waals surface area contributed by atoms with Gasteiger partial charge < -0.3 is 15.4 Å². The summed E-state index contributed by atoms with van der Waals surface area (Å²) in [4.78, 5) is 11.6. The number of ether oxygens (including phenoxy) is 1. The molecule has 1 rings (SSSR count). The van der Waals surface area contributed by atoms with Crippen LogP contribution in [0.3, 0.4) is 0 Å². The van der Waals surface area contributed by atoms with Gasteiger partial charge in [-0.3, -0.25) is 4.79 Å². The Labute approximate surface area is 122 Å². The summed E-state index contributed by atoms with van der Waals surface area (Å²) in [5, 5.41) is 5.74. The van der Waals surface area contributed by atoms with E-state index in [0.29, 0.717) is 12.3 Å². The maximum atomic E-state index is 11.6. The van der Waals surface area contributed by atoms with Crippen LogP contribution in [0.15, 0.2) is 28.7 Å². The number of hydrogen-bond donors (Lipinski definition) is 2. The molecule has 0 fully saturated rings. The topological polar surface area (TPSA) is 50.4 Å². The number of likely N-dealkylation sites (N-methyl/N-ethyl adjacent to an activating group) is 1. The quantitative estimate of drug-likeness (QED) is 0.780. The van der Waals surface area contributed by atoms with E-state index in [2.05, 4.69) is 26.6 Å². The molecule has 0 radical (unpaired) electrons. The fraction of sp³-hybridized carbons (Fsp3) is 0.417.